The number of thioether (sulfide) groups is 1. The van der Waals surface area contributed by atoms with Crippen LogP contribution in [0.5, 0.6) is 11.5 Å². The molecule has 1 saturated heterocycles. The summed E-state index contributed by atoms with van der Waals surface area (Å²) in [5.74, 6) is 2.18. The largest absolute Gasteiger partial charge is 0.493 e. The number of benzene rings is 1. The van der Waals surface area contributed by atoms with Crippen molar-refractivity contribution in [2.24, 2.45) is 5.73 Å². The van der Waals surface area contributed by atoms with E-state index in [2.05, 4.69) is 10.6 Å². The topological polar surface area (TPSA) is 103 Å². The molecular weight excluding hydrogens is 318 g/mol. The lowest BCUT2D eigenvalue weighted by Gasteiger charge is -2.22. The van der Waals surface area contributed by atoms with Crippen LogP contribution in [0.25, 0.3) is 0 Å². The Balaban J connectivity index is 1.96. The summed E-state index contributed by atoms with van der Waals surface area (Å²) >= 11 is 1.85. The van der Waals surface area contributed by atoms with E-state index in [-0.39, 0.29) is 18.6 Å². The van der Waals surface area contributed by atoms with Gasteiger partial charge in [-0.25, -0.2) is 0 Å². The van der Waals surface area contributed by atoms with Crippen LogP contribution < -0.4 is 25.8 Å². The smallest absolute Gasteiger partial charge is 0.255 e. The van der Waals surface area contributed by atoms with Gasteiger partial charge in [-0.1, -0.05) is 0 Å². The van der Waals surface area contributed by atoms with Crippen molar-refractivity contribution in [1.82, 2.24) is 5.32 Å². The lowest BCUT2D eigenvalue weighted by atomic mass is 10.2. The normalized spacial score (nSPS) is 17.3. The molecule has 7 nitrogen and oxygen atoms in total. The van der Waals surface area contributed by atoms with Gasteiger partial charge in [-0.2, -0.15) is 11.8 Å². The molecule has 0 saturated carbocycles. The van der Waals surface area contributed by atoms with Crippen molar-refractivity contribution >= 4 is 29.3 Å². The molecule has 1 aliphatic rings. The fourth-order valence-corrected chi connectivity index (χ4v) is 3.15. The van der Waals surface area contributed by atoms with Gasteiger partial charge in [0.1, 0.15) is 0 Å². The predicted molar refractivity (Wildman–Crippen MR) is 90.0 cm³/mol. The summed E-state index contributed by atoms with van der Waals surface area (Å²) in [5.41, 5.74) is 5.65. The van der Waals surface area contributed by atoms with Crippen LogP contribution in [0, 0.1) is 0 Å². The molecule has 0 aliphatic carbocycles. The van der Waals surface area contributed by atoms with E-state index in [1.807, 2.05) is 11.8 Å². The van der Waals surface area contributed by atoms with E-state index in [1.165, 1.54) is 7.11 Å². The third-order valence-corrected chi connectivity index (χ3v) is 4.38. The number of carbonyl (C=O) groups is 2. The quantitative estimate of drug-likeness (QED) is 0.672. The fourth-order valence-electron chi connectivity index (χ4n) is 2.20. The minimum atomic E-state index is -0.581. The van der Waals surface area contributed by atoms with Crippen molar-refractivity contribution in [3.8, 4) is 11.5 Å². The molecule has 23 heavy (non-hydrogen) atoms. The Hall–Kier alpha value is -1.93. The zero-order valence-electron chi connectivity index (χ0n) is 13.0. The molecule has 2 amide bonds. The lowest BCUT2D eigenvalue weighted by molar-refractivity contribution is -0.120. The van der Waals surface area contributed by atoms with E-state index in [1.54, 1.807) is 18.2 Å². The van der Waals surface area contributed by atoms with Gasteiger partial charge in [0.05, 0.1) is 7.11 Å². The highest BCUT2D eigenvalue weighted by atomic mass is 32.2. The number of hydrogen-bond acceptors (Lipinski definition) is 6. The van der Waals surface area contributed by atoms with Crippen molar-refractivity contribution in [1.29, 1.82) is 0 Å². The first kappa shape index (κ1) is 17.4. The number of carbonyl (C=O) groups excluding carboxylic acids is 2. The van der Waals surface area contributed by atoms with Gasteiger partial charge in [0, 0.05) is 42.3 Å². The third kappa shape index (κ3) is 5.65. The number of nitrogens with one attached hydrogen (secondary N) is 2. The molecule has 2 rings (SSSR count). The average Bonchev–Trinajstić information content (AvgIpc) is 2.54. The molecule has 1 aromatic rings. The van der Waals surface area contributed by atoms with E-state index in [9.17, 15) is 9.59 Å². The van der Waals surface area contributed by atoms with Gasteiger partial charge in [-0.3, -0.25) is 9.59 Å². The highest BCUT2D eigenvalue weighted by Crippen LogP contribution is 2.30. The molecule has 1 atom stereocenters. The first-order valence-electron chi connectivity index (χ1n) is 7.28. The molecule has 0 spiro atoms. The Labute approximate surface area is 139 Å². The van der Waals surface area contributed by atoms with Crippen molar-refractivity contribution in [3.05, 3.63) is 18.2 Å². The van der Waals surface area contributed by atoms with Crippen molar-refractivity contribution in [2.75, 3.05) is 37.1 Å². The van der Waals surface area contributed by atoms with Gasteiger partial charge in [0.15, 0.2) is 18.1 Å². The Morgan fingerprint density at radius 1 is 1.43 bits per heavy atom. The Kier molecular flexibility index (Phi) is 6.54. The van der Waals surface area contributed by atoms with Crippen LogP contribution in [0.4, 0.5) is 5.69 Å². The first-order valence-corrected chi connectivity index (χ1v) is 8.44. The molecule has 8 heteroatoms. The number of amides is 2. The summed E-state index contributed by atoms with van der Waals surface area (Å²) in [6, 6.07) is 5.19. The lowest BCUT2D eigenvalue weighted by Crippen LogP contribution is -2.39. The average molecular weight is 339 g/mol. The molecule has 1 aromatic carbocycles. The van der Waals surface area contributed by atoms with Gasteiger partial charge >= 0.3 is 0 Å². The van der Waals surface area contributed by atoms with Gasteiger partial charge in [0.25, 0.3) is 5.91 Å². The standard InChI is InChI=1S/C15H21N3O4S/c1-21-12-3-2-10(6-13(12)22-8-14(16)19)18-15(20)7-11-9-23-5-4-17-11/h2-3,6,11,17H,4-5,7-9H2,1H3,(H2,16,19)(H,18,20). The van der Waals surface area contributed by atoms with Crippen LogP contribution in [0.2, 0.25) is 0 Å². The molecule has 0 aromatic heterocycles. The maximum atomic E-state index is 12.1. The monoisotopic (exact) mass is 339 g/mol. The van der Waals surface area contributed by atoms with E-state index in [0.29, 0.717) is 23.6 Å². The number of anilines is 1. The van der Waals surface area contributed by atoms with Crippen LogP contribution in [-0.4, -0.2) is 49.6 Å². The number of rotatable bonds is 7. The zero-order chi connectivity index (χ0) is 16.7. The van der Waals surface area contributed by atoms with Crippen molar-refractivity contribution < 1.29 is 19.1 Å². The number of nitrogens with two attached hydrogens (primary N) is 1. The predicted octanol–water partition coefficient (Wildman–Crippen LogP) is 0.593. The highest BCUT2D eigenvalue weighted by molar-refractivity contribution is 7.99. The Morgan fingerprint density at radius 2 is 2.26 bits per heavy atom. The number of ether oxygens (including phenoxy) is 2. The summed E-state index contributed by atoms with van der Waals surface area (Å²) in [7, 11) is 1.50. The summed E-state index contributed by atoms with van der Waals surface area (Å²) < 4.78 is 10.5. The molecule has 1 heterocycles. The number of hydrogen-bond donors (Lipinski definition) is 3. The maximum Gasteiger partial charge on any atom is 0.255 e. The Bertz CT molecular complexity index is 562. The van der Waals surface area contributed by atoms with Crippen LogP contribution in [0.3, 0.4) is 0 Å². The third-order valence-electron chi connectivity index (χ3n) is 3.25. The van der Waals surface area contributed by atoms with Gasteiger partial charge < -0.3 is 25.8 Å². The van der Waals surface area contributed by atoms with E-state index >= 15 is 0 Å². The van der Waals surface area contributed by atoms with Gasteiger partial charge in [0.2, 0.25) is 5.91 Å². The summed E-state index contributed by atoms with van der Waals surface area (Å²) in [6.45, 7) is 0.674. The van der Waals surface area contributed by atoms with Crippen molar-refractivity contribution in [3.63, 3.8) is 0 Å². The highest BCUT2D eigenvalue weighted by Gasteiger charge is 2.17. The zero-order valence-corrected chi connectivity index (χ0v) is 13.8. The van der Waals surface area contributed by atoms with Crippen LogP contribution in [-0.2, 0) is 9.59 Å². The van der Waals surface area contributed by atoms with E-state index < -0.39 is 5.91 Å². The second-order valence-corrected chi connectivity index (χ2v) is 6.25. The molecular formula is C15H21N3O4S. The van der Waals surface area contributed by atoms with Gasteiger partial charge in [-0.15, -0.1) is 0 Å². The molecule has 1 aliphatic heterocycles. The minimum Gasteiger partial charge on any atom is -0.493 e. The summed E-state index contributed by atoms with van der Waals surface area (Å²) in [6.07, 6.45) is 0.413. The first-order chi connectivity index (χ1) is 11.1. The SMILES string of the molecule is COc1ccc(NC(=O)CC2CSCCN2)cc1OCC(N)=O. The second-order valence-electron chi connectivity index (χ2n) is 5.10. The second kappa shape index (κ2) is 8.64. The van der Waals surface area contributed by atoms with Gasteiger partial charge in [-0.05, 0) is 12.1 Å². The maximum absolute atomic E-state index is 12.1. The van der Waals surface area contributed by atoms with E-state index in [0.717, 1.165) is 18.1 Å². The molecule has 1 fully saturated rings. The number of methoxy groups -OCH3 is 1. The molecule has 0 bridgehead atoms. The van der Waals surface area contributed by atoms with Crippen LogP contribution >= 0.6 is 11.8 Å². The van der Waals surface area contributed by atoms with Crippen LogP contribution in [0.1, 0.15) is 6.42 Å². The summed E-state index contributed by atoms with van der Waals surface area (Å²) in [5, 5.41) is 6.15. The Morgan fingerprint density at radius 3 is 2.91 bits per heavy atom. The molecule has 1 unspecified atom stereocenters. The molecule has 4 N–H and O–H groups in total. The van der Waals surface area contributed by atoms with E-state index in [4.69, 9.17) is 15.2 Å². The fraction of sp³-hybridized carbons (Fsp3) is 0.467. The summed E-state index contributed by atoms with van der Waals surface area (Å²) in [4.78, 5) is 22.9. The minimum absolute atomic E-state index is 0.0731. The van der Waals surface area contributed by atoms with Crippen molar-refractivity contribution in [2.45, 2.75) is 12.5 Å². The molecule has 0 radical (unpaired) electrons. The van der Waals surface area contributed by atoms with Crippen LogP contribution in [0.15, 0.2) is 18.2 Å². The molecule has 126 valence electrons. The number of primary amides is 1.